The monoisotopic (exact) mass is 222 g/mol. The van der Waals surface area contributed by atoms with Gasteiger partial charge in [-0.1, -0.05) is 6.07 Å². The van der Waals surface area contributed by atoms with E-state index >= 15 is 0 Å². The number of imide groups is 2. The Morgan fingerprint density at radius 3 is 2.33 bits per heavy atom. The molecule has 2 N–H and O–H groups in total. The first-order valence-electron chi connectivity index (χ1n) is 4.08. The number of carbonyl (C=O) groups excluding carboxylic acids is 3. The minimum absolute atomic E-state index is 0.0583. The summed E-state index contributed by atoms with van der Waals surface area (Å²) < 4.78 is 0. The summed E-state index contributed by atoms with van der Waals surface area (Å²) in [5.41, 5.74) is -0.0583. The lowest BCUT2D eigenvalue weighted by atomic mass is 10.2. The summed E-state index contributed by atoms with van der Waals surface area (Å²) in [7, 11) is 0. The second kappa shape index (κ2) is 3.66. The normalized spacial score (nSPS) is 16.0. The van der Waals surface area contributed by atoms with Crippen molar-refractivity contribution < 1.29 is 14.4 Å². The van der Waals surface area contributed by atoms with Crippen LogP contribution in [-0.4, -0.2) is 17.8 Å². The van der Waals surface area contributed by atoms with Gasteiger partial charge >= 0.3 is 6.03 Å². The predicted molar refractivity (Wildman–Crippen MR) is 54.0 cm³/mol. The molecule has 0 radical (unpaired) electrons. The molecule has 0 atom stereocenters. The molecule has 1 aromatic rings. The maximum absolute atomic E-state index is 11.3. The number of urea groups is 1. The summed E-state index contributed by atoms with van der Waals surface area (Å²) in [5, 5.41) is 5.83. The zero-order valence-corrected chi connectivity index (χ0v) is 8.26. The van der Waals surface area contributed by atoms with Crippen molar-refractivity contribution in [1.82, 2.24) is 10.6 Å². The topological polar surface area (TPSA) is 75.3 Å². The summed E-state index contributed by atoms with van der Waals surface area (Å²) in [5.74, 6) is -1.34. The summed E-state index contributed by atoms with van der Waals surface area (Å²) in [6.07, 6.45) is 1.45. The van der Waals surface area contributed by atoms with Crippen molar-refractivity contribution in [2.75, 3.05) is 0 Å². The summed E-state index contributed by atoms with van der Waals surface area (Å²) in [6, 6.07) is 2.79. The zero-order valence-electron chi connectivity index (χ0n) is 7.44. The van der Waals surface area contributed by atoms with Gasteiger partial charge in [-0.05, 0) is 17.5 Å². The van der Waals surface area contributed by atoms with Gasteiger partial charge in [0.2, 0.25) is 0 Å². The molecule has 5 nitrogen and oxygen atoms in total. The smallest absolute Gasteiger partial charge is 0.273 e. The molecule has 0 spiro atoms. The zero-order chi connectivity index (χ0) is 10.8. The van der Waals surface area contributed by atoms with Crippen molar-refractivity contribution in [3.63, 3.8) is 0 Å². The van der Waals surface area contributed by atoms with Gasteiger partial charge in [-0.2, -0.15) is 0 Å². The lowest BCUT2D eigenvalue weighted by molar-refractivity contribution is -0.123. The van der Waals surface area contributed by atoms with Crippen molar-refractivity contribution >= 4 is 35.3 Å². The Bertz CT molecular complexity index is 440. The highest BCUT2D eigenvalue weighted by Gasteiger charge is 2.27. The fourth-order valence-electron chi connectivity index (χ4n) is 1.12. The van der Waals surface area contributed by atoms with Crippen LogP contribution in [-0.2, 0) is 9.59 Å². The molecule has 1 fully saturated rings. The average molecular weight is 222 g/mol. The van der Waals surface area contributed by atoms with Crippen LogP contribution in [0.1, 0.15) is 4.88 Å². The number of amides is 4. The molecule has 0 saturated carbocycles. The molecule has 1 aliphatic rings. The molecule has 6 heteroatoms. The van der Waals surface area contributed by atoms with Crippen molar-refractivity contribution in [2.45, 2.75) is 0 Å². The quantitative estimate of drug-likeness (QED) is 0.536. The van der Waals surface area contributed by atoms with Crippen LogP contribution in [0.15, 0.2) is 23.1 Å². The van der Waals surface area contributed by atoms with E-state index < -0.39 is 17.8 Å². The molecule has 2 heterocycles. The van der Waals surface area contributed by atoms with Crippen molar-refractivity contribution in [2.24, 2.45) is 0 Å². The number of rotatable bonds is 1. The van der Waals surface area contributed by atoms with Crippen molar-refractivity contribution in [3.8, 4) is 0 Å². The van der Waals surface area contributed by atoms with Gasteiger partial charge in [-0.25, -0.2) is 4.79 Å². The molecule has 1 aromatic heterocycles. The summed E-state index contributed by atoms with van der Waals surface area (Å²) in [4.78, 5) is 34.1. The number of hydrogen-bond donors (Lipinski definition) is 2. The van der Waals surface area contributed by atoms with E-state index in [1.165, 1.54) is 17.4 Å². The molecule has 1 saturated heterocycles. The molecule has 0 bridgehead atoms. The van der Waals surface area contributed by atoms with E-state index in [9.17, 15) is 14.4 Å². The first-order chi connectivity index (χ1) is 7.16. The highest BCUT2D eigenvalue weighted by Crippen LogP contribution is 2.14. The third kappa shape index (κ3) is 1.94. The van der Waals surface area contributed by atoms with Crippen LogP contribution in [0.4, 0.5) is 4.79 Å². The fraction of sp³-hybridized carbons (Fsp3) is 0. The molecule has 0 aliphatic carbocycles. The number of carbonyl (C=O) groups is 3. The van der Waals surface area contributed by atoms with Gasteiger partial charge in [0.15, 0.2) is 0 Å². The maximum Gasteiger partial charge on any atom is 0.328 e. The van der Waals surface area contributed by atoms with Crippen LogP contribution in [0.5, 0.6) is 0 Å². The summed E-state index contributed by atoms with van der Waals surface area (Å²) in [6.45, 7) is 0. The molecule has 15 heavy (non-hydrogen) atoms. The number of nitrogens with one attached hydrogen (secondary N) is 2. The highest BCUT2D eigenvalue weighted by atomic mass is 32.1. The van der Waals surface area contributed by atoms with Crippen LogP contribution in [0.25, 0.3) is 6.08 Å². The van der Waals surface area contributed by atoms with Gasteiger partial charge in [0.25, 0.3) is 11.8 Å². The standard InChI is InChI=1S/C9H6N2O3S/c12-7-6(4-5-2-1-3-15-5)8(13)11-9(14)10-7/h1-4H,(H2,10,11,12,13,14). The molecular formula is C9H6N2O3S. The largest absolute Gasteiger partial charge is 0.328 e. The molecule has 4 amide bonds. The third-order valence-corrected chi connectivity index (χ3v) is 2.59. The van der Waals surface area contributed by atoms with Crippen LogP contribution in [0.2, 0.25) is 0 Å². The highest BCUT2D eigenvalue weighted by molar-refractivity contribution is 7.10. The summed E-state index contributed by atoms with van der Waals surface area (Å²) >= 11 is 1.40. The minimum atomic E-state index is -0.784. The van der Waals surface area contributed by atoms with E-state index in [1.807, 2.05) is 16.0 Å². The van der Waals surface area contributed by atoms with E-state index in [2.05, 4.69) is 0 Å². The van der Waals surface area contributed by atoms with Gasteiger partial charge in [0.05, 0.1) is 0 Å². The Kier molecular flexibility index (Phi) is 2.34. The van der Waals surface area contributed by atoms with Crippen molar-refractivity contribution in [3.05, 3.63) is 28.0 Å². The Labute approximate surface area is 88.8 Å². The molecule has 0 aromatic carbocycles. The van der Waals surface area contributed by atoms with Crippen LogP contribution < -0.4 is 10.6 Å². The minimum Gasteiger partial charge on any atom is -0.273 e. The molecule has 1 aliphatic heterocycles. The first kappa shape index (κ1) is 9.60. The van der Waals surface area contributed by atoms with E-state index in [0.29, 0.717) is 0 Å². The Morgan fingerprint density at radius 1 is 1.13 bits per heavy atom. The third-order valence-electron chi connectivity index (χ3n) is 1.77. The molecular weight excluding hydrogens is 216 g/mol. The SMILES string of the molecule is O=C1NC(=O)C(=Cc2cccs2)C(=O)N1. The maximum atomic E-state index is 11.3. The van der Waals surface area contributed by atoms with E-state index in [-0.39, 0.29) is 5.57 Å². The molecule has 0 unspecified atom stereocenters. The Hall–Kier alpha value is -1.95. The van der Waals surface area contributed by atoms with Gasteiger partial charge in [0, 0.05) is 4.88 Å². The predicted octanol–water partition coefficient (Wildman–Crippen LogP) is 0.497. The van der Waals surface area contributed by atoms with Gasteiger partial charge in [-0.3, -0.25) is 20.2 Å². The lowest BCUT2D eigenvalue weighted by Crippen LogP contribution is -2.51. The van der Waals surface area contributed by atoms with E-state index in [1.54, 1.807) is 12.1 Å². The fourth-order valence-corrected chi connectivity index (χ4v) is 1.78. The lowest BCUT2D eigenvalue weighted by Gasteiger charge is -2.13. The van der Waals surface area contributed by atoms with E-state index in [0.717, 1.165) is 4.88 Å². The average Bonchev–Trinajstić information content (AvgIpc) is 2.63. The number of thiophene rings is 1. The molecule has 2 rings (SSSR count). The Morgan fingerprint density at radius 2 is 1.80 bits per heavy atom. The van der Waals surface area contributed by atoms with Crippen molar-refractivity contribution in [1.29, 1.82) is 0 Å². The number of hydrogen-bond acceptors (Lipinski definition) is 4. The van der Waals surface area contributed by atoms with Crippen LogP contribution in [0.3, 0.4) is 0 Å². The van der Waals surface area contributed by atoms with Gasteiger partial charge < -0.3 is 0 Å². The number of barbiturate groups is 1. The molecule has 76 valence electrons. The second-order valence-corrected chi connectivity index (χ2v) is 3.79. The van der Waals surface area contributed by atoms with Crippen LogP contribution >= 0.6 is 11.3 Å². The Balaban J connectivity index is 2.32. The van der Waals surface area contributed by atoms with Crippen LogP contribution in [0, 0.1) is 0 Å². The second-order valence-electron chi connectivity index (χ2n) is 2.81. The first-order valence-corrected chi connectivity index (χ1v) is 4.96. The van der Waals surface area contributed by atoms with E-state index in [4.69, 9.17) is 0 Å². The van der Waals surface area contributed by atoms with Gasteiger partial charge in [0.1, 0.15) is 5.57 Å². The van der Waals surface area contributed by atoms with Gasteiger partial charge in [-0.15, -0.1) is 11.3 Å².